The van der Waals surface area contributed by atoms with Crippen molar-refractivity contribution in [2.45, 2.75) is 52.5 Å². The highest BCUT2D eigenvalue weighted by Crippen LogP contribution is 2.28. The topological polar surface area (TPSA) is 12.0 Å². The molecule has 0 spiro atoms. The predicted octanol–water partition coefficient (Wildman–Crippen LogP) is 4.84. The van der Waals surface area contributed by atoms with Crippen molar-refractivity contribution in [1.29, 1.82) is 0 Å². The van der Waals surface area contributed by atoms with Crippen LogP contribution in [-0.4, -0.2) is 5.54 Å². The van der Waals surface area contributed by atoms with Crippen molar-refractivity contribution in [3.05, 3.63) is 35.9 Å². The lowest BCUT2D eigenvalue weighted by atomic mass is 9.85. The van der Waals surface area contributed by atoms with Gasteiger partial charge in [0.1, 0.15) is 0 Å². The maximum absolute atomic E-state index is 3.90. The Hall–Kier alpha value is -1.24. The Bertz CT molecular complexity index is 403. The third kappa shape index (κ3) is 3.92. The zero-order valence-corrected chi connectivity index (χ0v) is 12.0. The van der Waals surface area contributed by atoms with Crippen LogP contribution in [0.2, 0.25) is 0 Å². The summed E-state index contributed by atoms with van der Waals surface area (Å²) in [6.45, 7) is 17.1. The van der Waals surface area contributed by atoms with Crippen LogP contribution in [-0.2, 0) is 5.41 Å². The van der Waals surface area contributed by atoms with Gasteiger partial charge in [0, 0.05) is 11.2 Å². The maximum Gasteiger partial charge on any atom is 0.0417 e. The molecule has 1 aromatic carbocycles. The van der Waals surface area contributed by atoms with E-state index in [0.29, 0.717) is 0 Å². The van der Waals surface area contributed by atoms with E-state index >= 15 is 0 Å². The number of nitrogens with one attached hydrogen (secondary N) is 1. The first kappa shape index (κ1) is 13.8. The summed E-state index contributed by atoms with van der Waals surface area (Å²) in [7, 11) is 0. The molecule has 1 aromatic rings. The molecule has 0 bridgehead atoms. The van der Waals surface area contributed by atoms with Gasteiger partial charge in [0.25, 0.3) is 0 Å². The fraction of sp³-hybridized carbons (Fsp3) is 0.500. The minimum absolute atomic E-state index is 0.0704. The molecule has 0 fully saturated rings. The number of anilines is 1. The third-order valence-corrected chi connectivity index (χ3v) is 2.65. The van der Waals surface area contributed by atoms with Gasteiger partial charge >= 0.3 is 0 Å². The number of hydrogen-bond donors (Lipinski definition) is 1. The summed E-state index contributed by atoms with van der Waals surface area (Å²) in [5, 5.41) is 3.51. The Kier molecular flexibility index (Phi) is 3.71. The Morgan fingerprint density at radius 3 is 2.06 bits per heavy atom. The molecule has 1 heteroatoms. The molecule has 94 valence electrons. The monoisotopic (exact) mass is 231 g/mol. The lowest BCUT2D eigenvalue weighted by Crippen LogP contribution is -2.26. The number of rotatable bonds is 2. The molecule has 0 unspecified atom stereocenters. The maximum atomic E-state index is 3.90. The van der Waals surface area contributed by atoms with Crippen molar-refractivity contribution in [3.63, 3.8) is 0 Å². The molecule has 0 amide bonds. The first-order chi connectivity index (χ1) is 7.63. The van der Waals surface area contributed by atoms with Crippen LogP contribution in [0, 0.1) is 0 Å². The van der Waals surface area contributed by atoms with Crippen LogP contribution in [0.4, 0.5) is 5.69 Å². The molecule has 0 atom stereocenters. The van der Waals surface area contributed by atoms with Gasteiger partial charge in [-0.15, -0.1) is 0 Å². The van der Waals surface area contributed by atoms with E-state index in [1.807, 2.05) is 6.08 Å². The highest BCUT2D eigenvalue weighted by molar-refractivity contribution is 5.67. The predicted molar refractivity (Wildman–Crippen MR) is 78.6 cm³/mol. The van der Waals surface area contributed by atoms with E-state index in [9.17, 15) is 0 Å². The highest BCUT2D eigenvalue weighted by atomic mass is 14.9. The molecule has 0 radical (unpaired) electrons. The van der Waals surface area contributed by atoms with Crippen LogP contribution in [0.15, 0.2) is 24.8 Å². The highest BCUT2D eigenvalue weighted by Gasteiger charge is 2.16. The summed E-state index contributed by atoms with van der Waals surface area (Å²) >= 11 is 0. The van der Waals surface area contributed by atoms with Gasteiger partial charge in [-0.3, -0.25) is 0 Å². The first-order valence-corrected chi connectivity index (χ1v) is 6.18. The largest absolute Gasteiger partial charge is 0.380 e. The molecule has 0 saturated carbocycles. The van der Waals surface area contributed by atoms with Crippen LogP contribution >= 0.6 is 0 Å². The smallest absolute Gasteiger partial charge is 0.0417 e. The van der Waals surface area contributed by atoms with Crippen LogP contribution in [0.1, 0.15) is 52.7 Å². The molecule has 0 aliphatic rings. The van der Waals surface area contributed by atoms with E-state index in [2.05, 4.69) is 71.6 Å². The van der Waals surface area contributed by atoms with E-state index in [0.717, 1.165) is 5.69 Å². The van der Waals surface area contributed by atoms with Gasteiger partial charge in [-0.1, -0.05) is 39.5 Å². The van der Waals surface area contributed by atoms with Gasteiger partial charge in [0.15, 0.2) is 0 Å². The Balaban J connectivity index is 3.15. The van der Waals surface area contributed by atoms with Crippen LogP contribution in [0.25, 0.3) is 6.08 Å². The zero-order valence-electron chi connectivity index (χ0n) is 12.0. The normalized spacial score (nSPS) is 12.4. The van der Waals surface area contributed by atoms with E-state index in [1.54, 1.807) is 0 Å². The second-order valence-electron chi connectivity index (χ2n) is 6.63. The van der Waals surface area contributed by atoms with Gasteiger partial charge in [-0.05, 0) is 49.4 Å². The van der Waals surface area contributed by atoms with Crippen LogP contribution < -0.4 is 5.32 Å². The standard InChI is InChI=1S/C16H25N/c1-8-12-11-13(15(2,3)4)9-10-14(12)17-16(5,6)7/h8-11,17H,1H2,2-7H3. The van der Waals surface area contributed by atoms with E-state index in [-0.39, 0.29) is 11.0 Å². The van der Waals surface area contributed by atoms with Gasteiger partial charge in [0.2, 0.25) is 0 Å². The Morgan fingerprint density at radius 2 is 1.65 bits per heavy atom. The van der Waals surface area contributed by atoms with Crippen molar-refractivity contribution in [1.82, 2.24) is 0 Å². The molecular weight excluding hydrogens is 206 g/mol. The average molecular weight is 231 g/mol. The summed E-state index contributed by atoms with van der Waals surface area (Å²) < 4.78 is 0. The molecule has 1 nitrogen and oxygen atoms in total. The molecule has 0 heterocycles. The SMILES string of the molecule is C=Cc1cc(C(C)(C)C)ccc1NC(C)(C)C. The molecule has 0 aromatic heterocycles. The van der Waals surface area contributed by atoms with Gasteiger partial charge in [0.05, 0.1) is 0 Å². The minimum Gasteiger partial charge on any atom is -0.380 e. The average Bonchev–Trinajstić information content (AvgIpc) is 2.14. The molecule has 0 aliphatic heterocycles. The van der Waals surface area contributed by atoms with Crippen molar-refractivity contribution in [2.24, 2.45) is 0 Å². The third-order valence-electron chi connectivity index (χ3n) is 2.65. The van der Waals surface area contributed by atoms with Crippen molar-refractivity contribution in [3.8, 4) is 0 Å². The lowest BCUT2D eigenvalue weighted by Gasteiger charge is -2.26. The molecule has 0 saturated heterocycles. The van der Waals surface area contributed by atoms with Crippen molar-refractivity contribution < 1.29 is 0 Å². The van der Waals surface area contributed by atoms with Crippen molar-refractivity contribution in [2.75, 3.05) is 5.32 Å². The van der Waals surface area contributed by atoms with E-state index in [1.165, 1.54) is 11.1 Å². The van der Waals surface area contributed by atoms with Gasteiger partial charge in [-0.25, -0.2) is 0 Å². The summed E-state index contributed by atoms with van der Waals surface area (Å²) in [5.41, 5.74) is 3.92. The zero-order chi connectivity index (χ0) is 13.3. The first-order valence-electron chi connectivity index (χ1n) is 6.18. The number of benzene rings is 1. The molecular formula is C16H25N. The fourth-order valence-electron chi connectivity index (χ4n) is 1.72. The quantitative estimate of drug-likeness (QED) is 0.768. The summed E-state index contributed by atoms with van der Waals surface area (Å²) in [6, 6.07) is 6.57. The summed E-state index contributed by atoms with van der Waals surface area (Å²) in [6.07, 6.45) is 1.92. The lowest BCUT2D eigenvalue weighted by molar-refractivity contribution is 0.589. The molecule has 1 rings (SSSR count). The summed E-state index contributed by atoms with van der Waals surface area (Å²) in [4.78, 5) is 0. The van der Waals surface area contributed by atoms with Crippen LogP contribution in [0.5, 0.6) is 0 Å². The summed E-state index contributed by atoms with van der Waals surface area (Å²) in [5.74, 6) is 0. The van der Waals surface area contributed by atoms with E-state index < -0.39 is 0 Å². The van der Waals surface area contributed by atoms with Gasteiger partial charge < -0.3 is 5.32 Å². The Morgan fingerprint density at radius 1 is 1.06 bits per heavy atom. The second kappa shape index (κ2) is 4.56. The van der Waals surface area contributed by atoms with Crippen LogP contribution in [0.3, 0.4) is 0 Å². The molecule has 1 N–H and O–H groups in total. The van der Waals surface area contributed by atoms with Gasteiger partial charge in [-0.2, -0.15) is 0 Å². The van der Waals surface area contributed by atoms with Crippen molar-refractivity contribution >= 4 is 11.8 Å². The number of hydrogen-bond acceptors (Lipinski definition) is 1. The fourth-order valence-corrected chi connectivity index (χ4v) is 1.72. The molecule has 17 heavy (non-hydrogen) atoms. The minimum atomic E-state index is 0.0704. The Labute approximate surface area is 106 Å². The second-order valence-corrected chi connectivity index (χ2v) is 6.63. The molecule has 0 aliphatic carbocycles. The van der Waals surface area contributed by atoms with E-state index in [4.69, 9.17) is 0 Å².